The molecule has 0 unspecified atom stereocenters. The summed E-state index contributed by atoms with van der Waals surface area (Å²) < 4.78 is 2.06. The maximum absolute atomic E-state index is 12.6. The number of rotatable bonds is 2. The second kappa shape index (κ2) is 6.15. The standard InChI is InChI=1S/C19H16Cl2N2O/c20-13-5-3-6-14(21)18(13)19-15-7-4-8-17(22-10-1-2-11-22)23(15)12-9-16(19)24/h3-9,12H,1-2,10-11H2. The molecule has 0 amide bonds. The molecule has 5 heteroatoms. The van der Waals surface area contributed by atoms with E-state index in [1.165, 1.54) is 12.8 Å². The monoisotopic (exact) mass is 358 g/mol. The van der Waals surface area contributed by atoms with Crippen molar-refractivity contribution in [1.29, 1.82) is 0 Å². The summed E-state index contributed by atoms with van der Waals surface area (Å²) in [6.45, 7) is 2.07. The summed E-state index contributed by atoms with van der Waals surface area (Å²) >= 11 is 12.7. The van der Waals surface area contributed by atoms with E-state index >= 15 is 0 Å². The number of anilines is 1. The van der Waals surface area contributed by atoms with E-state index < -0.39 is 0 Å². The van der Waals surface area contributed by atoms with Gasteiger partial charge in [0.15, 0.2) is 5.43 Å². The lowest BCUT2D eigenvalue weighted by Crippen LogP contribution is -2.21. The summed E-state index contributed by atoms with van der Waals surface area (Å²) in [5.41, 5.74) is 1.89. The molecule has 1 aliphatic rings. The van der Waals surface area contributed by atoms with Gasteiger partial charge in [0, 0.05) is 30.9 Å². The third-order valence-electron chi connectivity index (χ3n) is 4.53. The molecular weight excluding hydrogens is 343 g/mol. The normalized spacial score (nSPS) is 14.5. The molecule has 0 bridgehead atoms. The second-order valence-corrected chi connectivity index (χ2v) is 6.80. The molecule has 3 nitrogen and oxygen atoms in total. The van der Waals surface area contributed by atoms with Crippen LogP contribution in [0.3, 0.4) is 0 Å². The van der Waals surface area contributed by atoms with Gasteiger partial charge in [0.1, 0.15) is 5.82 Å². The van der Waals surface area contributed by atoms with E-state index in [2.05, 4.69) is 15.4 Å². The highest BCUT2D eigenvalue weighted by molar-refractivity contribution is 6.39. The molecule has 0 radical (unpaired) electrons. The number of halogens is 2. The Bertz CT molecular complexity index is 955. The molecule has 3 heterocycles. The van der Waals surface area contributed by atoms with Crippen molar-refractivity contribution in [3.8, 4) is 11.1 Å². The Morgan fingerprint density at radius 1 is 0.833 bits per heavy atom. The molecule has 1 saturated heterocycles. The molecule has 1 aliphatic heterocycles. The predicted molar refractivity (Wildman–Crippen MR) is 101 cm³/mol. The molecule has 0 spiro atoms. The molecule has 24 heavy (non-hydrogen) atoms. The van der Waals surface area contributed by atoms with Gasteiger partial charge in [0.05, 0.1) is 21.1 Å². The summed E-state index contributed by atoms with van der Waals surface area (Å²) in [4.78, 5) is 15.0. The lowest BCUT2D eigenvalue weighted by molar-refractivity contribution is 0.915. The maximum atomic E-state index is 12.6. The molecule has 122 valence electrons. The van der Waals surface area contributed by atoms with Crippen LogP contribution in [-0.4, -0.2) is 17.5 Å². The lowest BCUT2D eigenvalue weighted by atomic mass is 10.0. The number of nitrogens with zero attached hydrogens (tertiary/aromatic N) is 2. The van der Waals surface area contributed by atoms with E-state index in [4.69, 9.17) is 23.2 Å². The van der Waals surface area contributed by atoms with Gasteiger partial charge in [-0.1, -0.05) is 35.3 Å². The number of fused-ring (bicyclic) bond motifs is 1. The minimum absolute atomic E-state index is 0.0800. The number of hydrogen-bond acceptors (Lipinski definition) is 2. The molecule has 1 fully saturated rings. The summed E-state index contributed by atoms with van der Waals surface area (Å²) in [7, 11) is 0. The molecule has 4 rings (SSSR count). The zero-order valence-electron chi connectivity index (χ0n) is 13.0. The Labute approximate surface area is 150 Å². The Hall–Kier alpha value is -1.97. The zero-order valence-corrected chi connectivity index (χ0v) is 14.5. The highest BCUT2D eigenvalue weighted by atomic mass is 35.5. The van der Waals surface area contributed by atoms with Crippen LogP contribution in [0, 0.1) is 0 Å². The van der Waals surface area contributed by atoms with Gasteiger partial charge in [-0.25, -0.2) is 0 Å². The number of pyridine rings is 2. The first-order valence-corrected chi connectivity index (χ1v) is 8.76. The molecule has 0 aliphatic carbocycles. The van der Waals surface area contributed by atoms with E-state index in [9.17, 15) is 4.79 Å². The first kappa shape index (κ1) is 15.6. The topological polar surface area (TPSA) is 24.7 Å². The fourth-order valence-corrected chi connectivity index (χ4v) is 4.00. The Kier molecular flexibility index (Phi) is 3.99. The molecule has 0 atom stereocenters. The van der Waals surface area contributed by atoms with Crippen LogP contribution in [0.5, 0.6) is 0 Å². The van der Waals surface area contributed by atoms with Crippen molar-refractivity contribution in [2.45, 2.75) is 12.8 Å². The molecule has 0 saturated carbocycles. The Morgan fingerprint density at radius 2 is 1.50 bits per heavy atom. The van der Waals surface area contributed by atoms with Gasteiger partial charge in [0.25, 0.3) is 0 Å². The molecular formula is C19H16Cl2N2O. The van der Waals surface area contributed by atoms with Crippen molar-refractivity contribution in [2.75, 3.05) is 18.0 Å². The van der Waals surface area contributed by atoms with Gasteiger partial charge in [-0.05, 0) is 37.1 Å². The third-order valence-corrected chi connectivity index (χ3v) is 5.16. The average Bonchev–Trinajstić information content (AvgIpc) is 3.10. The summed E-state index contributed by atoms with van der Waals surface area (Å²) in [6.07, 6.45) is 4.22. The fraction of sp³-hybridized carbons (Fsp3) is 0.211. The van der Waals surface area contributed by atoms with Crippen LogP contribution in [0.4, 0.5) is 5.82 Å². The van der Waals surface area contributed by atoms with Gasteiger partial charge >= 0.3 is 0 Å². The van der Waals surface area contributed by atoms with Crippen molar-refractivity contribution < 1.29 is 0 Å². The lowest BCUT2D eigenvalue weighted by Gasteiger charge is -2.21. The van der Waals surface area contributed by atoms with E-state index in [-0.39, 0.29) is 5.43 Å². The van der Waals surface area contributed by atoms with E-state index in [1.54, 1.807) is 24.3 Å². The van der Waals surface area contributed by atoms with Crippen molar-refractivity contribution in [2.24, 2.45) is 0 Å². The van der Waals surface area contributed by atoms with Crippen LogP contribution < -0.4 is 10.3 Å². The highest BCUT2D eigenvalue weighted by Gasteiger charge is 2.19. The van der Waals surface area contributed by atoms with Crippen LogP contribution in [0.15, 0.2) is 53.5 Å². The van der Waals surface area contributed by atoms with Crippen molar-refractivity contribution in [3.63, 3.8) is 0 Å². The van der Waals surface area contributed by atoms with Crippen molar-refractivity contribution >= 4 is 34.5 Å². The van der Waals surface area contributed by atoms with Gasteiger partial charge in [-0.2, -0.15) is 0 Å². The van der Waals surface area contributed by atoms with Crippen LogP contribution in [0.25, 0.3) is 16.6 Å². The Morgan fingerprint density at radius 3 is 2.21 bits per heavy atom. The minimum Gasteiger partial charge on any atom is -0.358 e. The first-order valence-electron chi connectivity index (χ1n) is 8.00. The maximum Gasteiger partial charge on any atom is 0.190 e. The van der Waals surface area contributed by atoms with Gasteiger partial charge in [-0.15, -0.1) is 0 Å². The largest absolute Gasteiger partial charge is 0.358 e. The van der Waals surface area contributed by atoms with Gasteiger partial charge in [-0.3, -0.25) is 4.79 Å². The first-order chi connectivity index (χ1) is 11.7. The average molecular weight is 359 g/mol. The number of hydrogen-bond donors (Lipinski definition) is 0. The van der Waals surface area contributed by atoms with Crippen molar-refractivity contribution in [1.82, 2.24) is 4.40 Å². The quantitative estimate of drug-likeness (QED) is 0.652. The molecule has 2 aromatic heterocycles. The zero-order chi connectivity index (χ0) is 16.7. The molecule has 1 aromatic carbocycles. The molecule has 0 N–H and O–H groups in total. The van der Waals surface area contributed by atoms with Gasteiger partial charge < -0.3 is 9.30 Å². The number of aromatic nitrogens is 1. The van der Waals surface area contributed by atoms with Gasteiger partial charge in [0.2, 0.25) is 0 Å². The number of benzene rings is 1. The van der Waals surface area contributed by atoms with E-state index in [1.807, 2.05) is 18.3 Å². The van der Waals surface area contributed by atoms with Crippen molar-refractivity contribution in [3.05, 3.63) is 68.9 Å². The third kappa shape index (κ3) is 2.48. The highest BCUT2D eigenvalue weighted by Crippen LogP contribution is 2.35. The van der Waals surface area contributed by atoms with Crippen LogP contribution in [-0.2, 0) is 0 Å². The van der Waals surface area contributed by atoms with Crippen LogP contribution in [0.1, 0.15) is 12.8 Å². The predicted octanol–water partition coefficient (Wildman–Crippen LogP) is 4.87. The SMILES string of the molecule is O=c1ccn2c(N3CCCC3)cccc2c1-c1c(Cl)cccc1Cl. The van der Waals surface area contributed by atoms with E-state index in [0.29, 0.717) is 21.2 Å². The Balaban J connectivity index is 2.04. The van der Waals surface area contributed by atoms with Crippen LogP contribution in [0.2, 0.25) is 10.0 Å². The summed E-state index contributed by atoms with van der Waals surface area (Å²) in [5.74, 6) is 1.09. The fourth-order valence-electron chi connectivity index (χ4n) is 3.41. The van der Waals surface area contributed by atoms with E-state index in [0.717, 1.165) is 24.4 Å². The molecule has 3 aromatic rings. The minimum atomic E-state index is -0.0800. The van der Waals surface area contributed by atoms with Crippen LogP contribution >= 0.6 is 23.2 Å². The second-order valence-electron chi connectivity index (χ2n) is 5.99. The summed E-state index contributed by atoms with van der Waals surface area (Å²) in [5, 5.41) is 0.971. The smallest absolute Gasteiger partial charge is 0.190 e. The summed E-state index contributed by atoms with van der Waals surface area (Å²) in [6, 6.07) is 12.9.